The Morgan fingerprint density at radius 1 is 1.18 bits per heavy atom. The average Bonchev–Trinajstić information content (AvgIpc) is 2.15. The molecule has 0 saturated heterocycles. The highest BCUT2D eigenvalue weighted by molar-refractivity contribution is 5.29. The second-order valence-electron chi connectivity index (χ2n) is 3.47. The minimum atomic E-state index is -4.66. The molecule has 0 radical (unpaired) electrons. The van der Waals surface area contributed by atoms with Gasteiger partial charge in [0.1, 0.15) is 5.82 Å². The summed E-state index contributed by atoms with van der Waals surface area (Å²) in [4.78, 5) is 0. The van der Waals surface area contributed by atoms with Crippen molar-refractivity contribution in [2.24, 2.45) is 5.73 Å². The first-order chi connectivity index (χ1) is 7.71. The number of benzene rings is 1. The van der Waals surface area contributed by atoms with Gasteiger partial charge in [0.15, 0.2) is 0 Å². The van der Waals surface area contributed by atoms with Crippen molar-refractivity contribution in [2.75, 3.05) is 0 Å². The first kappa shape index (κ1) is 13.8. The maximum Gasteiger partial charge on any atom is 0.416 e. The summed E-state index contributed by atoms with van der Waals surface area (Å²) in [6, 6.07) is 0.108. The summed E-state index contributed by atoms with van der Waals surface area (Å²) in [6.07, 6.45) is -8.36. The van der Waals surface area contributed by atoms with Gasteiger partial charge in [-0.25, -0.2) is 13.2 Å². The van der Waals surface area contributed by atoms with Crippen LogP contribution in [0.1, 0.15) is 23.6 Å². The molecule has 0 amide bonds. The molecule has 0 aliphatic rings. The van der Waals surface area contributed by atoms with Crippen molar-refractivity contribution in [1.29, 1.82) is 0 Å². The molecule has 0 aliphatic carbocycles. The third kappa shape index (κ3) is 3.62. The van der Waals surface area contributed by atoms with Crippen molar-refractivity contribution in [3.8, 4) is 0 Å². The quantitative estimate of drug-likeness (QED) is 0.824. The molecule has 2 N–H and O–H groups in total. The molecule has 0 aliphatic heterocycles. The number of rotatable bonds is 3. The van der Waals surface area contributed by atoms with E-state index >= 15 is 0 Å². The number of hydrogen-bond donors (Lipinski definition) is 1. The lowest BCUT2D eigenvalue weighted by Gasteiger charge is -2.15. The summed E-state index contributed by atoms with van der Waals surface area (Å²) in [5, 5.41) is 0. The summed E-state index contributed by atoms with van der Waals surface area (Å²) in [5.74, 6) is -1.02. The average molecular weight is 257 g/mol. The Morgan fingerprint density at radius 2 is 1.76 bits per heavy atom. The van der Waals surface area contributed by atoms with Crippen LogP contribution in [0.25, 0.3) is 0 Å². The largest absolute Gasteiger partial charge is 0.416 e. The highest BCUT2D eigenvalue weighted by atomic mass is 19.4. The lowest BCUT2D eigenvalue weighted by atomic mass is 10.0. The van der Waals surface area contributed by atoms with E-state index < -0.39 is 42.0 Å². The molecule has 0 fully saturated rings. The lowest BCUT2D eigenvalue weighted by molar-refractivity contribution is -0.137. The van der Waals surface area contributed by atoms with Crippen molar-refractivity contribution in [3.05, 3.63) is 35.1 Å². The van der Waals surface area contributed by atoms with Crippen LogP contribution < -0.4 is 5.73 Å². The summed E-state index contributed by atoms with van der Waals surface area (Å²) in [7, 11) is 0. The van der Waals surface area contributed by atoms with Crippen LogP contribution in [0, 0.1) is 5.82 Å². The maximum absolute atomic E-state index is 13.2. The molecule has 0 heterocycles. The topological polar surface area (TPSA) is 26.0 Å². The molecule has 0 saturated carbocycles. The van der Waals surface area contributed by atoms with Gasteiger partial charge >= 0.3 is 6.18 Å². The Labute approximate surface area is 93.2 Å². The van der Waals surface area contributed by atoms with Crippen LogP contribution in [0.4, 0.5) is 26.3 Å². The molecule has 96 valence electrons. The van der Waals surface area contributed by atoms with Crippen molar-refractivity contribution in [3.63, 3.8) is 0 Å². The fraction of sp³-hybridized carbons (Fsp3) is 0.400. The predicted octanol–water partition coefficient (Wildman–Crippen LogP) is 3.50. The van der Waals surface area contributed by atoms with E-state index in [4.69, 9.17) is 5.73 Å². The molecule has 1 aromatic rings. The second kappa shape index (κ2) is 4.95. The molecule has 1 aromatic carbocycles. The van der Waals surface area contributed by atoms with Crippen molar-refractivity contribution in [1.82, 2.24) is 0 Å². The van der Waals surface area contributed by atoms with Crippen molar-refractivity contribution < 1.29 is 26.3 Å². The van der Waals surface area contributed by atoms with Gasteiger partial charge in [-0.1, -0.05) is 0 Å². The van der Waals surface area contributed by atoms with Crippen LogP contribution in [-0.4, -0.2) is 6.43 Å². The normalized spacial score (nSPS) is 14.1. The SMILES string of the molecule is N[C@@H](CC(F)F)c1cc(C(F)(F)F)ccc1F. The highest BCUT2D eigenvalue weighted by Gasteiger charge is 2.31. The molecular weight excluding hydrogens is 248 g/mol. The summed E-state index contributed by atoms with van der Waals surface area (Å²) >= 11 is 0. The van der Waals surface area contributed by atoms with E-state index in [9.17, 15) is 26.3 Å². The summed E-state index contributed by atoms with van der Waals surface area (Å²) in [5.41, 5.74) is 3.55. The van der Waals surface area contributed by atoms with Gasteiger partial charge in [-0.05, 0) is 18.2 Å². The van der Waals surface area contributed by atoms with Crippen molar-refractivity contribution in [2.45, 2.75) is 25.1 Å². The van der Waals surface area contributed by atoms with Gasteiger partial charge < -0.3 is 5.73 Å². The van der Waals surface area contributed by atoms with Crippen LogP contribution in [0.2, 0.25) is 0 Å². The van der Waals surface area contributed by atoms with Gasteiger partial charge in [-0.15, -0.1) is 0 Å². The minimum absolute atomic E-state index is 0.461. The number of hydrogen-bond acceptors (Lipinski definition) is 1. The second-order valence-corrected chi connectivity index (χ2v) is 3.47. The Balaban J connectivity index is 3.06. The van der Waals surface area contributed by atoms with Gasteiger partial charge in [-0.3, -0.25) is 0 Å². The van der Waals surface area contributed by atoms with Crippen LogP contribution in [0.15, 0.2) is 18.2 Å². The molecule has 0 aromatic heterocycles. The van der Waals surface area contributed by atoms with Crippen LogP contribution >= 0.6 is 0 Å². The first-order valence-corrected chi connectivity index (χ1v) is 4.62. The first-order valence-electron chi connectivity index (χ1n) is 4.62. The number of alkyl halides is 5. The lowest BCUT2D eigenvalue weighted by Crippen LogP contribution is -2.17. The van der Waals surface area contributed by atoms with E-state index in [2.05, 4.69) is 0 Å². The zero-order valence-electron chi connectivity index (χ0n) is 8.44. The van der Waals surface area contributed by atoms with Gasteiger partial charge in [0.25, 0.3) is 0 Å². The molecule has 17 heavy (non-hydrogen) atoms. The summed E-state index contributed by atoms with van der Waals surface area (Å²) in [6.45, 7) is 0. The van der Waals surface area contributed by atoms with E-state index in [1.807, 2.05) is 0 Å². The van der Waals surface area contributed by atoms with E-state index in [0.29, 0.717) is 18.2 Å². The van der Waals surface area contributed by atoms with Gasteiger partial charge in [-0.2, -0.15) is 13.2 Å². The summed E-state index contributed by atoms with van der Waals surface area (Å²) < 4.78 is 74.1. The maximum atomic E-state index is 13.2. The van der Waals surface area contributed by atoms with Gasteiger partial charge in [0.05, 0.1) is 5.56 Å². The van der Waals surface area contributed by atoms with E-state index in [0.717, 1.165) is 0 Å². The molecule has 0 bridgehead atoms. The van der Waals surface area contributed by atoms with E-state index in [1.165, 1.54) is 0 Å². The molecule has 1 atom stereocenters. The van der Waals surface area contributed by atoms with Crippen LogP contribution in [0.3, 0.4) is 0 Å². The zero-order chi connectivity index (χ0) is 13.2. The standard InChI is InChI=1S/C10H9F6N/c11-7-2-1-5(10(14,15)16)3-6(7)8(17)4-9(12)13/h1-3,8-9H,4,17H2/t8-/m0/s1. The Hall–Kier alpha value is -1.24. The van der Waals surface area contributed by atoms with E-state index in [-0.39, 0.29) is 0 Å². The molecule has 0 unspecified atom stereocenters. The molecular formula is C10H9F6N. The number of nitrogens with two attached hydrogens (primary N) is 1. The smallest absolute Gasteiger partial charge is 0.324 e. The van der Waals surface area contributed by atoms with Crippen LogP contribution in [-0.2, 0) is 6.18 Å². The Bertz CT molecular complexity index is 387. The fourth-order valence-corrected chi connectivity index (χ4v) is 1.32. The number of halogens is 6. The highest BCUT2D eigenvalue weighted by Crippen LogP contribution is 2.32. The predicted molar refractivity (Wildman–Crippen MR) is 49.0 cm³/mol. The third-order valence-electron chi connectivity index (χ3n) is 2.15. The van der Waals surface area contributed by atoms with Crippen molar-refractivity contribution >= 4 is 0 Å². The Morgan fingerprint density at radius 3 is 2.24 bits per heavy atom. The van der Waals surface area contributed by atoms with Gasteiger partial charge in [0.2, 0.25) is 6.43 Å². The third-order valence-corrected chi connectivity index (χ3v) is 2.15. The molecule has 0 spiro atoms. The van der Waals surface area contributed by atoms with E-state index in [1.54, 1.807) is 0 Å². The van der Waals surface area contributed by atoms with Crippen LogP contribution in [0.5, 0.6) is 0 Å². The Kier molecular flexibility index (Phi) is 4.03. The molecule has 1 rings (SSSR count). The van der Waals surface area contributed by atoms with Gasteiger partial charge in [0, 0.05) is 18.0 Å². The minimum Gasteiger partial charge on any atom is -0.324 e. The monoisotopic (exact) mass is 257 g/mol. The molecule has 1 nitrogen and oxygen atoms in total. The fourth-order valence-electron chi connectivity index (χ4n) is 1.32. The zero-order valence-corrected chi connectivity index (χ0v) is 8.44. The molecule has 7 heteroatoms.